The van der Waals surface area contributed by atoms with Crippen LogP contribution in [-0.4, -0.2) is 49.6 Å². The Labute approximate surface area is 181 Å². The number of rotatable bonds is 7. The normalized spacial score (nSPS) is 14.5. The van der Waals surface area contributed by atoms with Gasteiger partial charge in [-0.15, -0.1) is 0 Å². The van der Waals surface area contributed by atoms with E-state index in [-0.39, 0.29) is 30.3 Å². The van der Waals surface area contributed by atoms with Crippen LogP contribution in [0, 0.1) is 5.82 Å². The predicted molar refractivity (Wildman–Crippen MR) is 117 cm³/mol. The Kier molecular flexibility index (Phi) is 7.65. The Bertz CT molecular complexity index is 935. The Hall–Kier alpha value is -3.35. The zero-order valence-electron chi connectivity index (χ0n) is 17.8. The van der Waals surface area contributed by atoms with Crippen LogP contribution in [0.15, 0.2) is 48.5 Å². The number of nitrogens with zero attached hydrogens (tertiary/aromatic N) is 1. The Morgan fingerprint density at radius 2 is 1.84 bits per heavy atom. The highest BCUT2D eigenvalue weighted by molar-refractivity contribution is 5.94. The maximum absolute atomic E-state index is 13.0. The van der Waals surface area contributed by atoms with Gasteiger partial charge in [-0.2, -0.15) is 0 Å². The minimum atomic E-state index is -0.378. The van der Waals surface area contributed by atoms with Crippen molar-refractivity contribution in [1.29, 1.82) is 0 Å². The number of ether oxygens (including phenoxy) is 2. The van der Waals surface area contributed by atoms with Crippen molar-refractivity contribution in [2.24, 2.45) is 0 Å². The summed E-state index contributed by atoms with van der Waals surface area (Å²) < 4.78 is 24.1. The van der Waals surface area contributed by atoms with Crippen LogP contribution in [0.2, 0.25) is 0 Å². The zero-order valence-corrected chi connectivity index (χ0v) is 17.8. The first-order chi connectivity index (χ1) is 15.0. The number of benzene rings is 2. The van der Waals surface area contributed by atoms with Crippen molar-refractivity contribution < 1.29 is 23.5 Å². The Morgan fingerprint density at radius 3 is 2.48 bits per heavy atom. The molecule has 0 aromatic heterocycles. The fraction of sp³-hybridized carbons (Fsp3) is 0.333. The van der Waals surface area contributed by atoms with Gasteiger partial charge in [0.15, 0.2) is 18.1 Å². The van der Waals surface area contributed by atoms with Crippen LogP contribution in [0.5, 0.6) is 11.5 Å². The molecule has 0 saturated carbocycles. The van der Waals surface area contributed by atoms with E-state index >= 15 is 0 Å². The lowest BCUT2D eigenvalue weighted by Crippen LogP contribution is -2.47. The zero-order chi connectivity index (χ0) is 22.2. The molecule has 164 valence electrons. The summed E-state index contributed by atoms with van der Waals surface area (Å²) in [6, 6.07) is 11.0. The summed E-state index contributed by atoms with van der Waals surface area (Å²) in [6.45, 7) is 2.93. The summed E-state index contributed by atoms with van der Waals surface area (Å²) in [5.41, 5.74) is 1.41. The largest absolute Gasteiger partial charge is 0.493 e. The third-order valence-electron chi connectivity index (χ3n) is 5.19. The first kappa shape index (κ1) is 22.3. The Balaban J connectivity index is 1.47. The van der Waals surface area contributed by atoms with E-state index in [1.807, 2.05) is 31.2 Å². The predicted octanol–water partition coefficient (Wildman–Crippen LogP) is 3.67. The standard InChI is InChI=1S/C24H27FN2O4/c1-3-4-17-5-10-21(22(15-17)30-2)31-16-23(28)27-13-11-20(12-14-27)26-24(29)18-6-8-19(25)9-7-18/h3-10,15,20H,11-14,16H2,1-2H3,(H,26,29)/b4-3+. The summed E-state index contributed by atoms with van der Waals surface area (Å²) >= 11 is 0. The molecule has 0 spiro atoms. The van der Waals surface area contributed by atoms with Gasteiger partial charge >= 0.3 is 0 Å². The molecule has 2 aromatic rings. The number of carbonyl (C=O) groups excluding carboxylic acids is 2. The van der Waals surface area contributed by atoms with Gasteiger partial charge in [-0.3, -0.25) is 9.59 Å². The number of likely N-dealkylation sites (tertiary alicyclic amines) is 1. The quantitative estimate of drug-likeness (QED) is 0.734. The summed E-state index contributed by atoms with van der Waals surface area (Å²) in [5.74, 6) is 0.373. The molecule has 1 saturated heterocycles. The average molecular weight is 426 g/mol. The number of piperidine rings is 1. The molecule has 0 radical (unpaired) electrons. The monoisotopic (exact) mass is 426 g/mol. The van der Waals surface area contributed by atoms with Gasteiger partial charge in [-0.1, -0.05) is 18.2 Å². The third kappa shape index (κ3) is 6.07. The molecule has 1 heterocycles. The van der Waals surface area contributed by atoms with E-state index in [0.717, 1.165) is 5.56 Å². The molecule has 0 unspecified atom stereocenters. The molecular formula is C24H27FN2O4. The van der Waals surface area contributed by atoms with Crippen molar-refractivity contribution in [2.75, 3.05) is 26.8 Å². The topological polar surface area (TPSA) is 67.9 Å². The number of nitrogens with one attached hydrogen (secondary N) is 1. The number of carbonyl (C=O) groups is 2. The number of hydrogen-bond acceptors (Lipinski definition) is 4. The molecular weight excluding hydrogens is 399 g/mol. The van der Waals surface area contributed by atoms with Crippen molar-refractivity contribution in [3.8, 4) is 11.5 Å². The molecule has 2 amide bonds. The summed E-state index contributed by atoms with van der Waals surface area (Å²) in [5, 5.41) is 2.95. The summed E-state index contributed by atoms with van der Waals surface area (Å²) in [4.78, 5) is 26.6. The van der Waals surface area contributed by atoms with Crippen molar-refractivity contribution in [3.05, 3.63) is 65.5 Å². The van der Waals surface area contributed by atoms with Gasteiger partial charge in [0.25, 0.3) is 11.8 Å². The van der Waals surface area contributed by atoms with Crippen LogP contribution in [0.25, 0.3) is 6.08 Å². The van der Waals surface area contributed by atoms with Crippen LogP contribution in [0.3, 0.4) is 0 Å². The van der Waals surface area contributed by atoms with Gasteiger partial charge in [-0.25, -0.2) is 4.39 Å². The van der Waals surface area contributed by atoms with Crippen LogP contribution in [0.4, 0.5) is 4.39 Å². The minimum Gasteiger partial charge on any atom is -0.493 e. The smallest absolute Gasteiger partial charge is 0.260 e. The lowest BCUT2D eigenvalue weighted by atomic mass is 10.0. The molecule has 6 nitrogen and oxygen atoms in total. The SMILES string of the molecule is C/C=C/c1ccc(OCC(=O)N2CCC(NC(=O)c3ccc(F)cc3)CC2)c(OC)c1. The summed E-state index contributed by atoms with van der Waals surface area (Å²) in [6.07, 6.45) is 5.20. The molecule has 1 aliphatic heterocycles. The molecule has 1 fully saturated rings. The number of methoxy groups -OCH3 is 1. The van der Waals surface area contributed by atoms with Crippen molar-refractivity contribution in [3.63, 3.8) is 0 Å². The second-order valence-corrected chi connectivity index (χ2v) is 7.33. The second-order valence-electron chi connectivity index (χ2n) is 7.33. The van der Waals surface area contributed by atoms with E-state index in [0.29, 0.717) is 43.0 Å². The van der Waals surface area contributed by atoms with Crippen molar-refractivity contribution in [1.82, 2.24) is 10.2 Å². The van der Waals surface area contributed by atoms with Gasteiger partial charge in [0.2, 0.25) is 0 Å². The number of allylic oxidation sites excluding steroid dienone is 1. The van der Waals surface area contributed by atoms with E-state index in [2.05, 4.69) is 5.32 Å². The van der Waals surface area contributed by atoms with Crippen molar-refractivity contribution in [2.45, 2.75) is 25.8 Å². The molecule has 1 N–H and O–H groups in total. The molecule has 3 rings (SSSR count). The van der Waals surface area contributed by atoms with Crippen molar-refractivity contribution >= 4 is 17.9 Å². The minimum absolute atomic E-state index is 0.0261. The molecule has 0 aliphatic carbocycles. The molecule has 2 aromatic carbocycles. The van der Waals surface area contributed by atoms with Gasteiger partial charge in [-0.05, 0) is 61.7 Å². The number of halogens is 1. The highest BCUT2D eigenvalue weighted by Crippen LogP contribution is 2.28. The maximum atomic E-state index is 13.0. The molecule has 1 aliphatic rings. The number of hydrogen-bond donors (Lipinski definition) is 1. The highest BCUT2D eigenvalue weighted by atomic mass is 19.1. The molecule has 31 heavy (non-hydrogen) atoms. The highest BCUT2D eigenvalue weighted by Gasteiger charge is 2.24. The average Bonchev–Trinajstić information content (AvgIpc) is 2.79. The van der Waals surface area contributed by atoms with Gasteiger partial charge in [0.05, 0.1) is 7.11 Å². The van der Waals surface area contributed by atoms with Crippen LogP contribution >= 0.6 is 0 Å². The Morgan fingerprint density at radius 1 is 1.13 bits per heavy atom. The van der Waals surface area contributed by atoms with Gasteiger partial charge in [0.1, 0.15) is 5.82 Å². The van der Waals surface area contributed by atoms with E-state index in [9.17, 15) is 14.0 Å². The first-order valence-corrected chi connectivity index (χ1v) is 10.3. The van der Waals surface area contributed by atoms with E-state index < -0.39 is 0 Å². The lowest BCUT2D eigenvalue weighted by Gasteiger charge is -2.32. The maximum Gasteiger partial charge on any atom is 0.260 e. The van der Waals surface area contributed by atoms with Gasteiger partial charge < -0.3 is 19.7 Å². The molecule has 7 heteroatoms. The van der Waals surface area contributed by atoms with E-state index in [1.54, 1.807) is 18.1 Å². The fourth-order valence-corrected chi connectivity index (χ4v) is 3.47. The first-order valence-electron chi connectivity index (χ1n) is 10.3. The van der Waals surface area contributed by atoms with Crippen LogP contribution < -0.4 is 14.8 Å². The third-order valence-corrected chi connectivity index (χ3v) is 5.19. The fourth-order valence-electron chi connectivity index (χ4n) is 3.47. The van der Waals surface area contributed by atoms with E-state index in [4.69, 9.17) is 9.47 Å². The molecule has 0 atom stereocenters. The van der Waals surface area contributed by atoms with Crippen LogP contribution in [-0.2, 0) is 4.79 Å². The van der Waals surface area contributed by atoms with Gasteiger partial charge in [0, 0.05) is 24.7 Å². The van der Waals surface area contributed by atoms with Crippen LogP contribution in [0.1, 0.15) is 35.7 Å². The second kappa shape index (κ2) is 10.6. The summed E-state index contributed by atoms with van der Waals surface area (Å²) in [7, 11) is 1.56. The molecule has 0 bridgehead atoms. The van der Waals surface area contributed by atoms with E-state index in [1.165, 1.54) is 24.3 Å². The lowest BCUT2D eigenvalue weighted by molar-refractivity contribution is -0.134. The number of amides is 2.